The van der Waals surface area contributed by atoms with Crippen molar-refractivity contribution in [1.29, 1.82) is 0 Å². The minimum absolute atomic E-state index is 0.0795. The zero-order chi connectivity index (χ0) is 18.7. The Morgan fingerprint density at radius 3 is 2.58 bits per heavy atom. The minimum Gasteiger partial charge on any atom is -0.381 e. The Morgan fingerprint density at radius 2 is 1.92 bits per heavy atom. The number of para-hydroxylation sites is 1. The second-order valence-electron chi connectivity index (χ2n) is 6.39. The van der Waals surface area contributed by atoms with E-state index in [1.54, 1.807) is 19.1 Å². The smallest absolute Gasteiger partial charge is 0.285 e. The van der Waals surface area contributed by atoms with Crippen LogP contribution in [0.5, 0.6) is 0 Å². The topological polar surface area (TPSA) is 81.5 Å². The van der Waals surface area contributed by atoms with Gasteiger partial charge in [0.05, 0.1) is 10.5 Å². The molecule has 3 rings (SSSR count). The molecule has 0 atom stereocenters. The Hall–Kier alpha value is -2.25. The van der Waals surface area contributed by atoms with Crippen LogP contribution in [0.4, 0.5) is 5.69 Å². The molecule has 26 heavy (non-hydrogen) atoms. The molecule has 1 aliphatic heterocycles. The fraction of sp³-hybridized carbons (Fsp3) is 0.316. The number of rotatable bonds is 4. The van der Waals surface area contributed by atoms with E-state index in [4.69, 9.17) is 4.74 Å². The van der Waals surface area contributed by atoms with Crippen molar-refractivity contribution in [2.75, 3.05) is 13.2 Å². The van der Waals surface area contributed by atoms with E-state index in [0.717, 1.165) is 10.0 Å². The summed E-state index contributed by atoms with van der Waals surface area (Å²) in [5.41, 5.74) is 0.735. The SMILES string of the molecule is Cc1cccc(C(=O)NC2(c3cccc(Br)c3)CCOCC2)c1[N+](=O)[O-]. The summed E-state index contributed by atoms with van der Waals surface area (Å²) in [7, 11) is 0. The van der Waals surface area contributed by atoms with E-state index in [1.165, 1.54) is 6.07 Å². The fourth-order valence-electron chi connectivity index (χ4n) is 3.36. The molecule has 7 heteroatoms. The maximum absolute atomic E-state index is 13.0. The average Bonchev–Trinajstić information content (AvgIpc) is 2.62. The molecule has 6 nitrogen and oxygen atoms in total. The first-order valence-corrected chi connectivity index (χ1v) is 9.12. The van der Waals surface area contributed by atoms with Crippen molar-refractivity contribution in [3.63, 3.8) is 0 Å². The van der Waals surface area contributed by atoms with Crippen molar-refractivity contribution in [3.8, 4) is 0 Å². The van der Waals surface area contributed by atoms with Crippen LogP contribution in [0.3, 0.4) is 0 Å². The zero-order valence-electron chi connectivity index (χ0n) is 14.3. The number of nitrogens with one attached hydrogen (secondary N) is 1. The van der Waals surface area contributed by atoms with Gasteiger partial charge in [0.2, 0.25) is 0 Å². The van der Waals surface area contributed by atoms with Gasteiger partial charge in [0.1, 0.15) is 5.56 Å². The van der Waals surface area contributed by atoms with Gasteiger partial charge in [-0.05, 0) is 43.5 Å². The molecule has 1 amide bonds. The lowest BCUT2D eigenvalue weighted by Crippen LogP contribution is -2.49. The van der Waals surface area contributed by atoms with Crippen LogP contribution >= 0.6 is 15.9 Å². The number of hydrogen-bond acceptors (Lipinski definition) is 4. The fourth-order valence-corrected chi connectivity index (χ4v) is 3.76. The highest BCUT2D eigenvalue weighted by Gasteiger charge is 2.37. The second-order valence-corrected chi connectivity index (χ2v) is 7.30. The predicted octanol–water partition coefficient (Wildman–Crippen LogP) is 4.10. The number of halogens is 1. The number of ether oxygens (including phenoxy) is 1. The Bertz CT molecular complexity index is 847. The van der Waals surface area contributed by atoms with E-state index >= 15 is 0 Å². The molecule has 1 heterocycles. The van der Waals surface area contributed by atoms with Gasteiger partial charge in [-0.3, -0.25) is 14.9 Å². The molecule has 0 saturated carbocycles. The highest BCUT2D eigenvalue weighted by molar-refractivity contribution is 9.10. The highest BCUT2D eigenvalue weighted by Crippen LogP contribution is 2.34. The molecule has 0 unspecified atom stereocenters. The summed E-state index contributed by atoms with van der Waals surface area (Å²) >= 11 is 3.47. The first-order chi connectivity index (χ1) is 12.4. The van der Waals surface area contributed by atoms with Gasteiger partial charge in [-0.1, -0.05) is 40.2 Å². The Morgan fingerprint density at radius 1 is 1.23 bits per heavy atom. The quantitative estimate of drug-likeness (QED) is 0.598. The molecule has 0 aliphatic carbocycles. The van der Waals surface area contributed by atoms with Gasteiger partial charge in [-0.15, -0.1) is 0 Å². The summed E-state index contributed by atoms with van der Waals surface area (Å²) in [4.78, 5) is 23.9. The molecular formula is C19H19BrN2O4. The van der Waals surface area contributed by atoms with Crippen molar-refractivity contribution < 1.29 is 14.5 Å². The Labute approximate surface area is 159 Å². The number of carbonyl (C=O) groups excluding carboxylic acids is 1. The maximum atomic E-state index is 13.0. The van der Waals surface area contributed by atoms with Gasteiger partial charge < -0.3 is 10.1 Å². The third kappa shape index (κ3) is 3.64. The van der Waals surface area contributed by atoms with Crippen LogP contribution < -0.4 is 5.32 Å². The van der Waals surface area contributed by atoms with Gasteiger partial charge in [0, 0.05) is 23.2 Å². The van der Waals surface area contributed by atoms with E-state index in [-0.39, 0.29) is 11.3 Å². The second kappa shape index (κ2) is 7.55. The molecule has 1 N–H and O–H groups in total. The average molecular weight is 419 g/mol. The maximum Gasteiger partial charge on any atom is 0.285 e. The van der Waals surface area contributed by atoms with Gasteiger partial charge in [0.25, 0.3) is 11.6 Å². The summed E-state index contributed by atoms with van der Waals surface area (Å²) in [5.74, 6) is -0.442. The van der Waals surface area contributed by atoms with Gasteiger partial charge in [0.15, 0.2) is 0 Å². The zero-order valence-corrected chi connectivity index (χ0v) is 15.9. The number of nitro groups is 1. The number of benzene rings is 2. The van der Waals surface area contributed by atoms with Gasteiger partial charge in [-0.25, -0.2) is 0 Å². The number of hydrogen-bond donors (Lipinski definition) is 1. The minimum atomic E-state index is -0.614. The molecule has 1 saturated heterocycles. The first kappa shape index (κ1) is 18.5. The van der Waals surface area contributed by atoms with E-state index in [1.807, 2.05) is 24.3 Å². The van der Waals surface area contributed by atoms with Gasteiger partial charge in [-0.2, -0.15) is 0 Å². The summed E-state index contributed by atoms with van der Waals surface area (Å²) in [6, 6.07) is 12.5. The summed E-state index contributed by atoms with van der Waals surface area (Å²) in [6.45, 7) is 2.67. The van der Waals surface area contributed by atoms with Crippen LogP contribution in [0.15, 0.2) is 46.9 Å². The molecule has 0 bridgehead atoms. The van der Waals surface area contributed by atoms with Crippen molar-refractivity contribution in [2.45, 2.75) is 25.3 Å². The van der Waals surface area contributed by atoms with Crippen LogP contribution in [-0.4, -0.2) is 24.0 Å². The van der Waals surface area contributed by atoms with Crippen LogP contribution in [0, 0.1) is 17.0 Å². The lowest BCUT2D eigenvalue weighted by Gasteiger charge is -2.38. The summed E-state index contributed by atoms with van der Waals surface area (Å²) in [6.07, 6.45) is 1.21. The van der Waals surface area contributed by atoms with E-state index in [2.05, 4.69) is 21.2 Å². The summed E-state index contributed by atoms with van der Waals surface area (Å²) in [5, 5.41) is 14.5. The monoisotopic (exact) mass is 418 g/mol. The molecular weight excluding hydrogens is 400 g/mol. The van der Waals surface area contributed by atoms with Crippen molar-refractivity contribution >= 4 is 27.5 Å². The lowest BCUT2D eigenvalue weighted by atomic mass is 9.82. The normalized spacial score (nSPS) is 16.1. The molecule has 2 aromatic rings. The standard InChI is InChI=1S/C19H19BrN2O4/c1-13-4-2-7-16(17(13)22(24)25)18(23)21-19(8-10-26-11-9-19)14-5-3-6-15(20)12-14/h2-7,12H,8-11H2,1H3,(H,21,23). The number of amides is 1. The highest BCUT2D eigenvalue weighted by atomic mass is 79.9. The van der Waals surface area contributed by atoms with Crippen molar-refractivity contribution in [1.82, 2.24) is 5.32 Å². The van der Waals surface area contributed by atoms with Gasteiger partial charge >= 0.3 is 0 Å². The van der Waals surface area contributed by atoms with Crippen LogP contribution in [0.25, 0.3) is 0 Å². The van der Waals surface area contributed by atoms with E-state index in [9.17, 15) is 14.9 Å². The lowest BCUT2D eigenvalue weighted by molar-refractivity contribution is -0.385. The molecule has 0 aromatic heterocycles. The number of aryl methyl sites for hydroxylation is 1. The third-order valence-corrected chi connectivity index (χ3v) is 5.23. The van der Waals surface area contributed by atoms with Crippen molar-refractivity contribution in [3.05, 3.63) is 73.7 Å². The molecule has 1 aliphatic rings. The predicted molar refractivity (Wildman–Crippen MR) is 101 cm³/mol. The summed E-state index contributed by atoms with van der Waals surface area (Å²) < 4.78 is 6.39. The van der Waals surface area contributed by atoms with Crippen LogP contribution in [0.2, 0.25) is 0 Å². The number of nitrogens with zero attached hydrogens (tertiary/aromatic N) is 1. The van der Waals surface area contributed by atoms with Crippen molar-refractivity contribution in [2.24, 2.45) is 0 Å². The number of carbonyl (C=O) groups is 1. The molecule has 136 valence electrons. The molecule has 2 aromatic carbocycles. The third-order valence-electron chi connectivity index (χ3n) is 4.74. The first-order valence-electron chi connectivity index (χ1n) is 8.33. The molecule has 0 spiro atoms. The molecule has 1 fully saturated rings. The Kier molecular flexibility index (Phi) is 5.38. The molecule has 0 radical (unpaired) electrons. The largest absolute Gasteiger partial charge is 0.381 e. The van der Waals surface area contributed by atoms with Crippen LogP contribution in [-0.2, 0) is 10.3 Å². The van der Waals surface area contributed by atoms with E-state index in [0.29, 0.717) is 31.6 Å². The number of nitro benzene ring substituents is 1. The van der Waals surface area contributed by atoms with E-state index < -0.39 is 16.4 Å². The Balaban J connectivity index is 2.00. The van der Waals surface area contributed by atoms with Crippen LogP contribution in [0.1, 0.15) is 34.3 Å².